The zero-order chi connectivity index (χ0) is 13.3. The summed E-state index contributed by atoms with van der Waals surface area (Å²) in [7, 11) is 0. The summed E-state index contributed by atoms with van der Waals surface area (Å²) in [6.07, 6.45) is 0. The van der Waals surface area contributed by atoms with E-state index >= 15 is 0 Å². The number of thiazole rings is 1. The number of hydrogen-bond donors (Lipinski definition) is 3. The standard InChI is InChI=1S/C11H12N4O2S.ClH/c1-5(16)13-7-3-8(14-6(2)17)10-9(4-7)18-11(12)15-10;/h3-4H,1-2H3,(H2,12,15)(H,13,16)(H,14,17);1H. The van der Waals surface area contributed by atoms with Crippen molar-refractivity contribution < 1.29 is 9.59 Å². The lowest BCUT2D eigenvalue weighted by atomic mass is 10.2. The van der Waals surface area contributed by atoms with Gasteiger partial charge < -0.3 is 16.4 Å². The Hall–Kier alpha value is -1.86. The molecule has 0 aliphatic carbocycles. The van der Waals surface area contributed by atoms with E-state index in [1.165, 1.54) is 25.2 Å². The molecule has 0 radical (unpaired) electrons. The molecule has 1 aromatic heterocycles. The molecule has 0 unspecified atom stereocenters. The van der Waals surface area contributed by atoms with Crippen molar-refractivity contribution in [2.24, 2.45) is 0 Å². The molecule has 0 saturated heterocycles. The van der Waals surface area contributed by atoms with Crippen molar-refractivity contribution >= 4 is 62.3 Å². The van der Waals surface area contributed by atoms with Crippen LogP contribution in [0.4, 0.5) is 16.5 Å². The van der Waals surface area contributed by atoms with Gasteiger partial charge in [-0.3, -0.25) is 9.59 Å². The summed E-state index contributed by atoms with van der Waals surface area (Å²) < 4.78 is 0.808. The van der Waals surface area contributed by atoms with Gasteiger partial charge in [0, 0.05) is 19.5 Å². The zero-order valence-corrected chi connectivity index (χ0v) is 11.9. The van der Waals surface area contributed by atoms with E-state index in [9.17, 15) is 9.59 Å². The van der Waals surface area contributed by atoms with Crippen LogP contribution in [0.25, 0.3) is 10.2 Å². The number of rotatable bonds is 2. The highest BCUT2D eigenvalue weighted by Crippen LogP contribution is 2.33. The molecule has 2 rings (SSSR count). The summed E-state index contributed by atoms with van der Waals surface area (Å²) in [4.78, 5) is 26.4. The third-order valence-corrected chi connectivity index (χ3v) is 2.97. The highest BCUT2D eigenvalue weighted by Gasteiger charge is 2.10. The Morgan fingerprint density at radius 2 is 1.84 bits per heavy atom. The number of hydrogen-bond acceptors (Lipinski definition) is 5. The molecule has 8 heteroatoms. The van der Waals surface area contributed by atoms with Crippen LogP contribution in [0.15, 0.2) is 12.1 Å². The summed E-state index contributed by atoms with van der Waals surface area (Å²) in [6, 6.07) is 3.43. The normalized spacial score (nSPS) is 9.79. The van der Waals surface area contributed by atoms with E-state index in [1.54, 1.807) is 12.1 Å². The number of fused-ring (bicyclic) bond motifs is 1. The van der Waals surface area contributed by atoms with Gasteiger partial charge in [0.25, 0.3) is 0 Å². The maximum Gasteiger partial charge on any atom is 0.221 e. The maximum absolute atomic E-state index is 11.1. The van der Waals surface area contributed by atoms with Crippen molar-refractivity contribution in [1.29, 1.82) is 0 Å². The van der Waals surface area contributed by atoms with Crippen molar-refractivity contribution in [2.45, 2.75) is 13.8 Å². The van der Waals surface area contributed by atoms with E-state index in [0.717, 1.165) is 4.70 Å². The molecule has 0 fully saturated rings. The van der Waals surface area contributed by atoms with Crippen LogP contribution in [0.5, 0.6) is 0 Å². The highest BCUT2D eigenvalue weighted by atomic mass is 35.5. The fourth-order valence-electron chi connectivity index (χ4n) is 1.61. The van der Waals surface area contributed by atoms with Crippen molar-refractivity contribution in [3.05, 3.63) is 12.1 Å². The van der Waals surface area contributed by atoms with Gasteiger partial charge in [-0.05, 0) is 12.1 Å². The number of nitrogen functional groups attached to an aromatic ring is 1. The SMILES string of the molecule is CC(=O)Nc1cc(NC(C)=O)c2nc(N)sc2c1.Cl. The first-order valence-electron chi connectivity index (χ1n) is 5.21. The first-order valence-corrected chi connectivity index (χ1v) is 6.02. The molecule has 4 N–H and O–H groups in total. The summed E-state index contributed by atoms with van der Waals surface area (Å²) in [5.74, 6) is -0.386. The van der Waals surface area contributed by atoms with E-state index in [-0.39, 0.29) is 24.2 Å². The van der Waals surface area contributed by atoms with Gasteiger partial charge in [-0.1, -0.05) is 11.3 Å². The second kappa shape index (κ2) is 5.85. The highest BCUT2D eigenvalue weighted by molar-refractivity contribution is 7.22. The number of benzene rings is 1. The smallest absolute Gasteiger partial charge is 0.221 e. The predicted octanol–water partition coefficient (Wildman–Crippen LogP) is 2.22. The topological polar surface area (TPSA) is 97.1 Å². The molecule has 0 atom stereocenters. The van der Waals surface area contributed by atoms with E-state index in [2.05, 4.69) is 15.6 Å². The second-order valence-electron chi connectivity index (χ2n) is 3.79. The Labute approximate surface area is 119 Å². The van der Waals surface area contributed by atoms with Gasteiger partial charge >= 0.3 is 0 Å². The van der Waals surface area contributed by atoms with Crippen LogP contribution >= 0.6 is 23.7 Å². The third-order valence-electron chi connectivity index (χ3n) is 2.14. The Balaban J connectivity index is 0.00000180. The second-order valence-corrected chi connectivity index (χ2v) is 4.85. The molecule has 1 aromatic carbocycles. The molecule has 0 aliphatic rings. The van der Waals surface area contributed by atoms with Crippen LogP contribution in [-0.4, -0.2) is 16.8 Å². The number of nitrogens with one attached hydrogen (secondary N) is 2. The molecule has 102 valence electrons. The number of anilines is 3. The molecule has 1 heterocycles. The Bertz CT molecular complexity index is 641. The Morgan fingerprint density at radius 3 is 2.42 bits per heavy atom. The fourth-order valence-corrected chi connectivity index (χ4v) is 2.41. The predicted molar refractivity (Wildman–Crippen MR) is 79.9 cm³/mol. The van der Waals surface area contributed by atoms with Crippen LogP contribution in [-0.2, 0) is 9.59 Å². The van der Waals surface area contributed by atoms with Crippen LogP contribution in [0, 0.1) is 0 Å². The summed E-state index contributed by atoms with van der Waals surface area (Å²) in [5.41, 5.74) is 7.41. The van der Waals surface area contributed by atoms with Crippen molar-refractivity contribution in [3.8, 4) is 0 Å². The molecular formula is C11H13ClN4O2S. The molecule has 0 saturated carbocycles. The Kier molecular flexibility index (Phi) is 4.68. The van der Waals surface area contributed by atoms with Gasteiger partial charge in [0.2, 0.25) is 11.8 Å². The minimum Gasteiger partial charge on any atom is -0.375 e. The number of carbonyl (C=O) groups excluding carboxylic acids is 2. The van der Waals surface area contributed by atoms with Gasteiger partial charge in [0.1, 0.15) is 5.52 Å². The number of amides is 2. The molecule has 0 bridgehead atoms. The summed E-state index contributed by atoms with van der Waals surface area (Å²) in [5, 5.41) is 5.75. The minimum atomic E-state index is -0.206. The number of nitrogens with two attached hydrogens (primary N) is 1. The number of aromatic nitrogens is 1. The molecule has 6 nitrogen and oxygen atoms in total. The molecule has 2 aromatic rings. The van der Waals surface area contributed by atoms with E-state index in [1.807, 2.05) is 0 Å². The van der Waals surface area contributed by atoms with Gasteiger partial charge in [-0.15, -0.1) is 12.4 Å². The van der Waals surface area contributed by atoms with Gasteiger partial charge in [-0.25, -0.2) is 4.98 Å². The monoisotopic (exact) mass is 300 g/mol. The van der Waals surface area contributed by atoms with Gasteiger partial charge in [-0.2, -0.15) is 0 Å². The quantitative estimate of drug-likeness (QED) is 0.792. The van der Waals surface area contributed by atoms with E-state index in [4.69, 9.17) is 5.73 Å². The minimum absolute atomic E-state index is 0. The lowest BCUT2D eigenvalue weighted by Gasteiger charge is -2.07. The molecule has 2 amide bonds. The van der Waals surface area contributed by atoms with Gasteiger partial charge in [0.15, 0.2) is 5.13 Å². The number of nitrogens with zero attached hydrogens (tertiary/aromatic N) is 1. The third kappa shape index (κ3) is 3.55. The lowest BCUT2D eigenvalue weighted by molar-refractivity contribution is -0.115. The van der Waals surface area contributed by atoms with Crippen molar-refractivity contribution in [1.82, 2.24) is 4.98 Å². The van der Waals surface area contributed by atoms with Crippen LogP contribution in [0.3, 0.4) is 0 Å². The lowest BCUT2D eigenvalue weighted by Crippen LogP contribution is -2.09. The largest absolute Gasteiger partial charge is 0.375 e. The van der Waals surface area contributed by atoms with Crippen molar-refractivity contribution in [2.75, 3.05) is 16.4 Å². The molecule has 19 heavy (non-hydrogen) atoms. The average Bonchev–Trinajstić information content (AvgIpc) is 2.56. The summed E-state index contributed by atoms with van der Waals surface area (Å²) in [6.45, 7) is 2.83. The Morgan fingerprint density at radius 1 is 1.21 bits per heavy atom. The van der Waals surface area contributed by atoms with E-state index in [0.29, 0.717) is 22.0 Å². The van der Waals surface area contributed by atoms with E-state index < -0.39 is 0 Å². The average molecular weight is 301 g/mol. The van der Waals surface area contributed by atoms with Gasteiger partial charge in [0.05, 0.1) is 10.4 Å². The zero-order valence-electron chi connectivity index (χ0n) is 10.3. The first kappa shape index (κ1) is 15.2. The van der Waals surface area contributed by atoms with Crippen molar-refractivity contribution in [3.63, 3.8) is 0 Å². The fraction of sp³-hybridized carbons (Fsp3) is 0.182. The van der Waals surface area contributed by atoms with Crippen LogP contribution in [0.1, 0.15) is 13.8 Å². The maximum atomic E-state index is 11.1. The van der Waals surface area contributed by atoms with Crippen LogP contribution in [0.2, 0.25) is 0 Å². The van der Waals surface area contributed by atoms with Crippen LogP contribution < -0.4 is 16.4 Å². The molecule has 0 aliphatic heterocycles. The molecule has 0 spiro atoms. The number of halogens is 1. The summed E-state index contributed by atoms with van der Waals surface area (Å²) >= 11 is 1.30. The first-order chi connectivity index (χ1) is 8.45. The molecular weight excluding hydrogens is 288 g/mol. The number of carbonyl (C=O) groups is 2.